The lowest BCUT2D eigenvalue weighted by molar-refractivity contribution is 0.600. The minimum Gasteiger partial charge on any atom is -0.354 e. The fourth-order valence-corrected chi connectivity index (χ4v) is 2.64. The molecule has 0 radical (unpaired) electrons. The van der Waals surface area contributed by atoms with Crippen molar-refractivity contribution in [2.75, 3.05) is 29.9 Å². The van der Waals surface area contributed by atoms with Crippen LogP contribution in [0, 0.1) is 0 Å². The Morgan fingerprint density at radius 1 is 0.826 bits per heavy atom. The first-order valence-electron chi connectivity index (χ1n) is 9.11. The molecule has 0 aliphatic rings. The number of halogens is 1. The topological polar surface area (TPSA) is 53.9 Å². The molecule has 1 rings (SSSR count). The van der Waals surface area contributed by atoms with Gasteiger partial charge in [0.25, 0.3) is 0 Å². The smallest absolute Gasteiger partial charge is 0.231 e. The van der Waals surface area contributed by atoms with Crippen molar-refractivity contribution in [2.45, 2.75) is 72.1 Å². The summed E-state index contributed by atoms with van der Waals surface area (Å²) in [6, 6.07) is 0. The molecule has 0 unspecified atom stereocenters. The summed E-state index contributed by atoms with van der Waals surface area (Å²) in [5.41, 5.74) is 0. The maximum Gasteiger partial charge on any atom is 0.231 e. The molecular formula is C17H32ClN5. The summed E-state index contributed by atoms with van der Waals surface area (Å²) < 4.78 is 0. The predicted molar refractivity (Wildman–Crippen MR) is 99.5 cm³/mol. The summed E-state index contributed by atoms with van der Waals surface area (Å²) in [6.45, 7) is 9.22. The maximum absolute atomic E-state index is 6.07. The molecule has 5 nitrogen and oxygen atoms in total. The molecule has 23 heavy (non-hydrogen) atoms. The second-order valence-corrected chi connectivity index (χ2v) is 6.20. The highest BCUT2D eigenvalue weighted by molar-refractivity contribution is 6.28. The third-order valence-corrected chi connectivity index (χ3v) is 3.95. The van der Waals surface area contributed by atoms with E-state index in [4.69, 9.17) is 11.6 Å². The molecule has 0 spiro atoms. The van der Waals surface area contributed by atoms with E-state index in [1.807, 2.05) is 6.92 Å². The molecule has 0 atom stereocenters. The molecule has 0 saturated heterocycles. The van der Waals surface area contributed by atoms with Crippen LogP contribution in [0.15, 0.2) is 0 Å². The van der Waals surface area contributed by atoms with Crippen molar-refractivity contribution in [1.82, 2.24) is 15.0 Å². The largest absolute Gasteiger partial charge is 0.354 e. The Balaban J connectivity index is 2.71. The van der Waals surface area contributed by atoms with Gasteiger partial charge in [0, 0.05) is 19.6 Å². The van der Waals surface area contributed by atoms with E-state index in [9.17, 15) is 0 Å². The molecule has 132 valence electrons. The quantitative estimate of drug-likeness (QED) is 0.516. The van der Waals surface area contributed by atoms with Crippen molar-refractivity contribution in [1.29, 1.82) is 0 Å². The van der Waals surface area contributed by atoms with Crippen LogP contribution in [-0.2, 0) is 0 Å². The molecule has 1 heterocycles. The molecule has 6 heteroatoms. The van der Waals surface area contributed by atoms with Gasteiger partial charge in [0.05, 0.1) is 0 Å². The van der Waals surface area contributed by atoms with Crippen LogP contribution < -0.4 is 10.2 Å². The monoisotopic (exact) mass is 341 g/mol. The van der Waals surface area contributed by atoms with Gasteiger partial charge in [-0.1, -0.05) is 52.4 Å². The SMILES string of the molecule is CCCCCCN(CCCCCC)c1nc(Cl)nc(NCC)n1. The Kier molecular flexibility index (Phi) is 10.7. The number of nitrogens with one attached hydrogen (secondary N) is 1. The Labute approximate surface area is 146 Å². The molecule has 0 aliphatic carbocycles. The number of hydrogen-bond acceptors (Lipinski definition) is 5. The highest BCUT2D eigenvalue weighted by Gasteiger charge is 2.12. The summed E-state index contributed by atoms with van der Waals surface area (Å²) in [5, 5.41) is 3.39. The molecule has 0 amide bonds. The van der Waals surface area contributed by atoms with Crippen molar-refractivity contribution >= 4 is 23.5 Å². The second-order valence-electron chi connectivity index (χ2n) is 5.87. The van der Waals surface area contributed by atoms with Crippen molar-refractivity contribution in [2.24, 2.45) is 0 Å². The van der Waals surface area contributed by atoms with E-state index < -0.39 is 0 Å². The van der Waals surface area contributed by atoms with Gasteiger partial charge in [-0.25, -0.2) is 0 Å². The highest BCUT2D eigenvalue weighted by Crippen LogP contribution is 2.16. The number of aromatic nitrogens is 3. The second kappa shape index (κ2) is 12.3. The van der Waals surface area contributed by atoms with E-state index in [0.29, 0.717) is 11.9 Å². The normalized spacial score (nSPS) is 10.8. The lowest BCUT2D eigenvalue weighted by Gasteiger charge is -2.23. The van der Waals surface area contributed by atoms with Gasteiger partial charge in [-0.15, -0.1) is 0 Å². The third-order valence-electron chi connectivity index (χ3n) is 3.78. The molecule has 0 fully saturated rings. The van der Waals surface area contributed by atoms with Gasteiger partial charge in [-0.3, -0.25) is 0 Å². The van der Waals surface area contributed by atoms with E-state index in [1.54, 1.807) is 0 Å². The van der Waals surface area contributed by atoms with Crippen LogP contribution in [-0.4, -0.2) is 34.6 Å². The molecule has 0 bridgehead atoms. The Hall–Kier alpha value is -1.10. The van der Waals surface area contributed by atoms with Crippen molar-refractivity contribution in [3.05, 3.63) is 5.28 Å². The van der Waals surface area contributed by atoms with Crippen LogP contribution in [0.1, 0.15) is 72.1 Å². The standard InChI is InChI=1S/C17H32ClN5/c1-4-7-9-11-13-23(14-12-10-8-5-2)17-21-15(18)20-16(22-17)19-6-3/h4-14H2,1-3H3,(H,19,20,21,22). The zero-order chi connectivity index (χ0) is 16.9. The van der Waals surface area contributed by atoms with Crippen molar-refractivity contribution in [3.8, 4) is 0 Å². The Morgan fingerprint density at radius 2 is 1.43 bits per heavy atom. The first-order chi connectivity index (χ1) is 11.2. The average Bonchev–Trinajstić information content (AvgIpc) is 2.53. The lowest BCUT2D eigenvalue weighted by atomic mass is 10.2. The van der Waals surface area contributed by atoms with Gasteiger partial charge in [-0.2, -0.15) is 15.0 Å². The summed E-state index contributed by atoms with van der Waals surface area (Å²) in [5.74, 6) is 1.27. The zero-order valence-electron chi connectivity index (χ0n) is 14.9. The van der Waals surface area contributed by atoms with Gasteiger partial charge in [0.15, 0.2) is 0 Å². The first kappa shape index (κ1) is 19.9. The zero-order valence-corrected chi connectivity index (χ0v) is 15.7. The van der Waals surface area contributed by atoms with E-state index in [-0.39, 0.29) is 5.28 Å². The van der Waals surface area contributed by atoms with E-state index >= 15 is 0 Å². The fraction of sp³-hybridized carbons (Fsp3) is 0.824. The number of anilines is 2. The highest BCUT2D eigenvalue weighted by atomic mass is 35.5. The van der Waals surface area contributed by atoms with Crippen LogP contribution >= 0.6 is 11.6 Å². The van der Waals surface area contributed by atoms with Crippen molar-refractivity contribution in [3.63, 3.8) is 0 Å². The fourth-order valence-electron chi connectivity index (χ4n) is 2.49. The Bertz CT molecular complexity index is 415. The lowest BCUT2D eigenvalue weighted by Crippen LogP contribution is -2.28. The average molecular weight is 342 g/mol. The molecule has 1 aromatic rings. The molecule has 0 aromatic carbocycles. The predicted octanol–water partition coefficient (Wildman–Crippen LogP) is 4.92. The number of rotatable bonds is 13. The minimum absolute atomic E-state index is 0.262. The maximum atomic E-state index is 6.07. The van der Waals surface area contributed by atoms with Gasteiger partial charge in [0.2, 0.25) is 17.2 Å². The number of unbranched alkanes of at least 4 members (excludes halogenated alkanes) is 6. The molecule has 0 aliphatic heterocycles. The van der Waals surface area contributed by atoms with E-state index in [1.165, 1.54) is 51.4 Å². The summed E-state index contributed by atoms with van der Waals surface area (Å²) in [4.78, 5) is 15.3. The summed E-state index contributed by atoms with van der Waals surface area (Å²) >= 11 is 6.07. The Morgan fingerprint density at radius 3 is 1.96 bits per heavy atom. The molecule has 1 N–H and O–H groups in total. The summed E-state index contributed by atoms with van der Waals surface area (Å²) in [7, 11) is 0. The summed E-state index contributed by atoms with van der Waals surface area (Å²) in [6.07, 6.45) is 9.90. The van der Waals surface area contributed by atoms with Crippen LogP contribution in [0.2, 0.25) is 5.28 Å². The third kappa shape index (κ3) is 8.35. The number of nitrogens with zero attached hydrogens (tertiary/aromatic N) is 4. The number of hydrogen-bond donors (Lipinski definition) is 1. The van der Waals surface area contributed by atoms with Crippen LogP contribution in [0.25, 0.3) is 0 Å². The van der Waals surface area contributed by atoms with Crippen molar-refractivity contribution < 1.29 is 0 Å². The molecular weight excluding hydrogens is 310 g/mol. The molecule has 0 saturated carbocycles. The van der Waals surface area contributed by atoms with Gasteiger partial charge in [-0.05, 0) is 31.4 Å². The van der Waals surface area contributed by atoms with Crippen LogP contribution in [0.5, 0.6) is 0 Å². The van der Waals surface area contributed by atoms with Gasteiger partial charge >= 0.3 is 0 Å². The van der Waals surface area contributed by atoms with E-state index in [0.717, 1.165) is 19.6 Å². The minimum atomic E-state index is 0.262. The van der Waals surface area contributed by atoms with E-state index in [2.05, 4.69) is 39.0 Å². The molecule has 1 aromatic heterocycles. The first-order valence-corrected chi connectivity index (χ1v) is 9.49. The van der Waals surface area contributed by atoms with Crippen LogP contribution in [0.4, 0.5) is 11.9 Å². The van der Waals surface area contributed by atoms with Gasteiger partial charge in [0.1, 0.15) is 0 Å². The van der Waals surface area contributed by atoms with Gasteiger partial charge < -0.3 is 10.2 Å². The van der Waals surface area contributed by atoms with Crippen LogP contribution in [0.3, 0.4) is 0 Å².